The molecule has 2 unspecified atom stereocenters. The summed E-state index contributed by atoms with van der Waals surface area (Å²) in [6.07, 6.45) is 2.21. The largest absolute Gasteiger partial charge is 0.377 e. The van der Waals surface area contributed by atoms with Crippen LogP contribution in [-0.2, 0) is 11.3 Å². The van der Waals surface area contributed by atoms with Crippen LogP contribution < -0.4 is 5.73 Å². The van der Waals surface area contributed by atoms with E-state index in [1.165, 1.54) is 0 Å². The van der Waals surface area contributed by atoms with Crippen molar-refractivity contribution in [2.45, 2.75) is 38.3 Å². The van der Waals surface area contributed by atoms with E-state index >= 15 is 0 Å². The molecule has 1 saturated heterocycles. The third kappa shape index (κ3) is 2.23. The van der Waals surface area contributed by atoms with Crippen LogP contribution in [0.15, 0.2) is 30.3 Å². The lowest BCUT2D eigenvalue weighted by atomic mass is 9.98. The topological polar surface area (TPSA) is 66.0 Å². The minimum absolute atomic E-state index is 0.229. The van der Waals surface area contributed by atoms with Crippen LogP contribution >= 0.6 is 0 Å². The molecule has 0 aliphatic carbocycles. The summed E-state index contributed by atoms with van der Waals surface area (Å²) < 4.78 is 7.88. The molecule has 106 valence electrons. The van der Waals surface area contributed by atoms with Gasteiger partial charge in [0.15, 0.2) is 5.82 Å². The van der Waals surface area contributed by atoms with E-state index < -0.39 is 0 Å². The molecule has 2 atom stereocenters. The molecule has 1 aliphatic heterocycles. The van der Waals surface area contributed by atoms with Crippen LogP contribution in [0.2, 0.25) is 0 Å². The molecule has 5 nitrogen and oxygen atoms in total. The monoisotopic (exact) mass is 272 g/mol. The molecule has 0 bridgehead atoms. The van der Waals surface area contributed by atoms with Gasteiger partial charge in [-0.25, -0.2) is 0 Å². The zero-order chi connectivity index (χ0) is 13.9. The lowest BCUT2D eigenvalue weighted by molar-refractivity contribution is 0.0991. The first-order valence-corrected chi connectivity index (χ1v) is 7.16. The zero-order valence-electron chi connectivity index (χ0n) is 11.7. The Hall–Kier alpha value is -1.72. The predicted molar refractivity (Wildman–Crippen MR) is 76.6 cm³/mol. The molecular formula is C15H20N4O. The second-order valence-corrected chi connectivity index (χ2v) is 5.06. The Labute approximate surface area is 118 Å². The molecule has 1 fully saturated rings. The average Bonchev–Trinajstić information content (AvgIpc) is 3.13. The van der Waals surface area contributed by atoms with Crippen molar-refractivity contribution in [1.82, 2.24) is 14.8 Å². The van der Waals surface area contributed by atoms with Crippen LogP contribution in [-0.4, -0.2) is 27.5 Å². The molecule has 3 rings (SSSR count). The van der Waals surface area contributed by atoms with Crippen molar-refractivity contribution in [3.05, 3.63) is 42.0 Å². The van der Waals surface area contributed by atoms with Crippen molar-refractivity contribution < 1.29 is 4.74 Å². The van der Waals surface area contributed by atoms with Gasteiger partial charge in [-0.2, -0.15) is 0 Å². The van der Waals surface area contributed by atoms with Crippen LogP contribution in [0.1, 0.15) is 37.3 Å². The number of nitrogens with zero attached hydrogens (tertiary/aromatic N) is 3. The maximum atomic E-state index is 5.81. The van der Waals surface area contributed by atoms with Gasteiger partial charge in [0.05, 0.1) is 12.6 Å². The van der Waals surface area contributed by atoms with Gasteiger partial charge in [-0.15, -0.1) is 10.2 Å². The van der Waals surface area contributed by atoms with Crippen LogP contribution in [0.5, 0.6) is 0 Å². The molecule has 2 aromatic rings. The number of ether oxygens (including phenoxy) is 1. The second-order valence-electron chi connectivity index (χ2n) is 5.06. The van der Waals surface area contributed by atoms with Gasteiger partial charge in [-0.3, -0.25) is 4.57 Å². The number of rotatable bonds is 4. The van der Waals surface area contributed by atoms with Gasteiger partial charge in [0.2, 0.25) is 0 Å². The number of para-hydroxylation sites is 1. The highest BCUT2D eigenvalue weighted by Crippen LogP contribution is 2.33. The van der Waals surface area contributed by atoms with Crippen molar-refractivity contribution in [2.24, 2.45) is 5.73 Å². The fourth-order valence-corrected chi connectivity index (χ4v) is 2.91. The van der Waals surface area contributed by atoms with Crippen LogP contribution in [0.25, 0.3) is 5.69 Å². The van der Waals surface area contributed by atoms with Gasteiger partial charge < -0.3 is 10.5 Å². The number of hydrogen-bond donors (Lipinski definition) is 1. The summed E-state index contributed by atoms with van der Waals surface area (Å²) in [5.41, 5.74) is 6.88. The van der Waals surface area contributed by atoms with Gasteiger partial charge in [-0.1, -0.05) is 25.1 Å². The van der Waals surface area contributed by atoms with Crippen LogP contribution in [0.3, 0.4) is 0 Å². The third-order valence-corrected chi connectivity index (χ3v) is 3.90. The molecule has 0 amide bonds. The van der Waals surface area contributed by atoms with E-state index in [1.807, 2.05) is 18.2 Å². The zero-order valence-corrected chi connectivity index (χ0v) is 11.7. The van der Waals surface area contributed by atoms with Crippen molar-refractivity contribution in [3.63, 3.8) is 0 Å². The van der Waals surface area contributed by atoms with Crippen LogP contribution in [0.4, 0.5) is 0 Å². The summed E-state index contributed by atoms with van der Waals surface area (Å²) in [6.45, 7) is 3.32. The molecule has 0 saturated carbocycles. The number of hydrogen-bond acceptors (Lipinski definition) is 4. The van der Waals surface area contributed by atoms with E-state index in [4.69, 9.17) is 10.5 Å². The summed E-state index contributed by atoms with van der Waals surface area (Å²) in [5.74, 6) is 2.07. The maximum absolute atomic E-state index is 5.81. The highest BCUT2D eigenvalue weighted by atomic mass is 16.5. The van der Waals surface area contributed by atoms with Gasteiger partial charge >= 0.3 is 0 Å². The van der Waals surface area contributed by atoms with E-state index in [1.54, 1.807) is 0 Å². The number of nitrogens with two attached hydrogens (primary N) is 1. The van der Waals surface area contributed by atoms with E-state index in [0.29, 0.717) is 12.5 Å². The quantitative estimate of drug-likeness (QED) is 0.924. The molecule has 5 heteroatoms. The van der Waals surface area contributed by atoms with E-state index in [2.05, 4.69) is 33.8 Å². The molecular weight excluding hydrogens is 252 g/mol. The molecule has 1 aromatic carbocycles. The SMILES string of the molecule is CCC1OCCC1c1nnc(CN)n1-c1ccccc1. The maximum Gasteiger partial charge on any atom is 0.151 e. The molecule has 2 N–H and O–H groups in total. The molecule has 0 spiro atoms. The number of benzene rings is 1. The van der Waals surface area contributed by atoms with Crippen molar-refractivity contribution in [2.75, 3.05) is 6.61 Å². The summed E-state index contributed by atoms with van der Waals surface area (Å²) >= 11 is 0. The summed E-state index contributed by atoms with van der Waals surface area (Å²) in [6, 6.07) is 10.2. The van der Waals surface area contributed by atoms with Gasteiger partial charge in [0, 0.05) is 18.2 Å². The van der Waals surface area contributed by atoms with E-state index in [0.717, 1.165) is 36.8 Å². The van der Waals surface area contributed by atoms with Crippen molar-refractivity contribution >= 4 is 0 Å². The van der Waals surface area contributed by atoms with Gasteiger partial charge in [-0.05, 0) is 25.0 Å². The van der Waals surface area contributed by atoms with Crippen LogP contribution in [0, 0.1) is 0 Å². The first kappa shape index (κ1) is 13.3. The molecule has 20 heavy (non-hydrogen) atoms. The Morgan fingerprint density at radius 3 is 2.80 bits per heavy atom. The van der Waals surface area contributed by atoms with Crippen molar-refractivity contribution in [3.8, 4) is 5.69 Å². The van der Waals surface area contributed by atoms with E-state index in [9.17, 15) is 0 Å². The summed E-state index contributed by atoms with van der Waals surface area (Å²) in [7, 11) is 0. The minimum Gasteiger partial charge on any atom is -0.377 e. The molecule has 1 aromatic heterocycles. The minimum atomic E-state index is 0.229. The fourth-order valence-electron chi connectivity index (χ4n) is 2.91. The third-order valence-electron chi connectivity index (χ3n) is 3.90. The Morgan fingerprint density at radius 1 is 1.30 bits per heavy atom. The van der Waals surface area contributed by atoms with E-state index in [-0.39, 0.29) is 6.10 Å². The first-order valence-electron chi connectivity index (χ1n) is 7.16. The Balaban J connectivity index is 2.06. The highest BCUT2D eigenvalue weighted by Gasteiger charge is 2.33. The summed E-state index contributed by atoms with van der Waals surface area (Å²) in [5, 5.41) is 8.65. The summed E-state index contributed by atoms with van der Waals surface area (Å²) in [4.78, 5) is 0. The van der Waals surface area contributed by atoms with Crippen molar-refractivity contribution in [1.29, 1.82) is 0 Å². The fraction of sp³-hybridized carbons (Fsp3) is 0.467. The standard InChI is InChI=1S/C15H20N4O/c1-2-13-12(8-9-20-13)15-18-17-14(10-16)19(15)11-6-4-3-5-7-11/h3-7,12-13H,2,8-10,16H2,1H3. The lowest BCUT2D eigenvalue weighted by Crippen LogP contribution is -2.18. The Morgan fingerprint density at radius 2 is 2.10 bits per heavy atom. The van der Waals surface area contributed by atoms with Gasteiger partial charge in [0.25, 0.3) is 0 Å². The smallest absolute Gasteiger partial charge is 0.151 e. The molecule has 0 radical (unpaired) electrons. The highest BCUT2D eigenvalue weighted by molar-refractivity contribution is 5.35. The Kier molecular flexibility index (Phi) is 3.80. The Bertz CT molecular complexity index is 567. The predicted octanol–water partition coefficient (Wildman–Crippen LogP) is 2.01. The molecule has 2 heterocycles. The number of aromatic nitrogens is 3. The second kappa shape index (κ2) is 5.73. The normalized spacial score (nSPS) is 22.3. The average molecular weight is 272 g/mol. The van der Waals surface area contributed by atoms with Gasteiger partial charge in [0.1, 0.15) is 5.82 Å². The lowest BCUT2D eigenvalue weighted by Gasteiger charge is -2.18. The first-order chi connectivity index (χ1) is 9.85. The molecule has 1 aliphatic rings.